The number of hydrogen-bond acceptors (Lipinski definition) is 3. The van der Waals surface area contributed by atoms with Crippen LogP contribution in [-0.4, -0.2) is 26.8 Å². The Labute approximate surface area is 57.4 Å². The Morgan fingerprint density at radius 1 is 1.22 bits per heavy atom. The van der Waals surface area contributed by atoms with Crippen LogP contribution in [0.3, 0.4) is 0 Å². The molecule has 0 aromatic heterocycles. The Bertz CT molecular complexity index is 30.2. The highest BCUT2D eigenvalue weighted by Crippen LogP contribution is 1.57. The lowest BCUT2D eigenvalue weighted by Gasteiger charge is -1.85. The Hall–Kier alpha value is -0.120. The van der Waals surface area contributed by atoms with Crippen molar-refractivity contribution in [2.75, 3.05) is 26.8 Å². The molecule has 0 bridgehead atoms. The Balaban J connectivity index is 0. The molecular formula is C6H18N2O. The van der Waals surface area contributed by atoms with Crippen molar-refractivity contribution in [3.8, 4) is 0 Å². The van der Waals surface area contributed by atoms with E-state index in [1.165, 1.54) is 0 Å². The van der Waals surface area contributed by atoms with Gasteiger partial charge in [0.1, 0.15) is 0 Å². The van der Waals surface area contributed by atoms with Crippen LogP contribution in [0.15, 0.2) is 0 Å². The molecule has 58 valence electrons. The Morgan fingerprint density at radius 2 is 1.67 bits per heavy atom. The molecule has 4 N–H and O–H groups in total. The number of ether oxygens (including phenoxy) is 1. The maximum Gasteiger partial charge on any atom is 0.0584 e. The second-order valence-corrected chi connectivity index (χ2v) is 1.57. The van der Waals surface area contributed by atoms with Crippen molar-refractivity contribution in [3.63, 3.8) is 0 Å². The van der Waals surface area contributed by atoms with Crippen LogP contribution >= 0.6 is 0 Å². The number of hydrogen-bond donors (Lipinski definition) is 2. The van der Waals surface area contributed by atoms with Crippen LogP contribution in [0.25, 0.3) is 0 Å². The fourth-order valence-corrected chi connectivity index (χ4v) is 0.118. The van der Waals surface area contributed by atoms with E-state index in [4.69, 9.17) is 11.5 Å². The van der Waals surface area contributed by atoms with Crippen molar-refractivity contribution in [2.24, 2.45) is 11.5 Å². The van der Waals surface area contributed by atoms with Crippen LogP contribution in [0.5, 0.6) is 0 Å². The first-order valence-corrected chi connectivity index (χ1v) is 3.22. The average Bonchev–Trinajstić information content (AvgIpc) is 1.91. The molecule has 0 saturated heterocycles. The normalized spacial score (nSPS) is 8.00. The van der Waals surface area contributed by atoms with Crippen LogP contribution < -0.4 is 11.5 Å². The predicted octanol–water partition coefficient (Wildman–Crippen LogP) is -0.0534. The minimum absolute atomic E-state index is 0.622. The van der Waals surface area contributed by atoms with E-state index in [9.17, 15) is 0 Å². The maximum absolute atomic E-state index is 5.03. The second kappa shape index (κ2) is 15.7. The molecule has 3 heteroatoms. The van der Waals surface area contributed by atoms with Gasteiger partial charge in [0.2, 0.25) is 0 Å². The summed E-state index contributed by atoms with van der Waals surface area (Å²) in [4.78, 5) is 0. The lowest BCUT2D eigenvalue weighted by atomic mass is 10.5. The van der Waals surface area contributed by atoms with Gasteiger partial charge < -0.3 is 16.2 Å². The van der Waals surface area contributed by atoms with Crippen LogP contribution in [0, 0.1) is 0 Å². The summed E-state index contributed by atoms with van der Waals surface area (Å²) >= 11 is 0. The SMILES string of the molecule is CCCN.COCCN. The van der Waals surface area contributed by atoms with Gasteiger partial charge in [-0.3, -0.25) is 0 Å². The van der Waals surface area contributed by atoms with E-state index in [2.05, 4.69) is 11.7 Å². The first-order chi connectivity index (χ1) is 4.33. The van der Waals surface area contributed by atoms with Gasteiger partial charge in [0, 0.05) is 13.7 Å². The monoisotopic (exact) mass is 134 g/mol. The summed E-state index contributed by atoms with van der Waals surface area (Å²) in [6.07, 6.45) is 1.10. The highest BCUT2D eigenvalue weighted by atomic mass is 16.5. The molecular weight excluding hydrogens is 116 g/mol. The van der Waals surface area contributed by atoms with Gasteiger partial charge in [-0.05, 0) is 13.0 Å². The average molecular weight is 134 g/mol. The largest absolute Gasteiger partial charge is 0.383 e. The van der Waals surface area contributed by atoms with E-state index in [0.717, 1.165) is 13.0 Å². The van der Waals surface area contributed by atoms with Crippen molar-refractivity contribution in [1.29, 1.82) is 0 Å². The summed E-state index contributed by atoms with van der Waals surface area (Å²) in [6.45, 7) is 4.16. The predicted molar refractivity (Wildman–Crippen MR) is 40.3 cm³/mol. The summed E-state index contributed by atoms with van der Waals surface area (Å²) in [6, 6.07) is 0. The summed E-state index contributed by atoms with van der Waals surface area (Å²) in [7, 11) is 1.63. The Morgan fingerprint density at radius 3 is 1.67 bits per heavy atom. The van der Waals surface area contributed by atoms with Crippen LogP contribution in [-0.2, 0) is 4.74 Å². The minimum Gasteiger partial charge on any atom is -0.383 e. The van der Waals surface area contributed by atoms with Crippen LogP contribution in [0.2, 0.25) is 0 Å². The van der Waals surface area contributed by atoms with Gasteiger partial charge in [-0.15, -0.1) is 0 Å². The van der Waals surface area contributed by atoms with Crippen LogP contribution in [0.1, 0.15) is 13.3 Å². The zero-order valence-corrected chi connectivity index (χ0v) is 6.39. The fraction of sp³-hybridized carbons (Fsp3) is 1.00. The quantitative estimate of drug-likeness (QED) is 0.568. The second-order valence-electron chi connectivity index (χ2n) is 1.57. The van der Waals surface area contributed by atoms with Gasteiger partial charge in [-0.25, -0.2) is 0 Å². The summed E-state index contributed by atoms with van der Waals surface area (Å²) in [5, 5.41) is 0. The fourth-order valence-electron chi connectivity index (χ4n) is 0.118. The highest BCUT2D eigenvalue weighted by molar-refractivity contribution is 4.22. The molecule has 0 aliphatic rings. The van der Waals surface area contributed by atoms with Gasteiger partial charge in [0.25, 0.3) is 0 Å². The van der Waals surface area contributed by atoms with Crippen molar-refractivity contribution in [3.05, 3.63) is 0 Å². The third-order valence-corrected chi connectivity index (χ3v) is 0.611. The van der Waals surface area contributed by atoms with E-state index >= 15 is 0 Å². The molecule has 0 aliphatic carbocycles. The molecule has 0 spiro atoms. The molecule has 0 heterocycles. The molecule has 0 unspecified atom stereocenters. The van der Waals surface area contributed by atoms with E-state index in [1.807, 2.05) is 0 Å². The topological polar surface area (TPSA) is 61.3 Å². The third kappa shape index (κ3) is 32.8. The molecule has 0 aromatic rings. The standard InChI is InChI=1S/C3H9NO.C3H9N/c1-5-3-2-4;1-2-3-4/h2-4H2,1H3;2-4H2,1H3. The lowest BCUT2D eigenvalue weighted by molar-refractivity contribution is 0.207. The molecule has 0 atom stereocenters. The molecule has 0 fully saturated rings. The zero-order valence-electron chi connectivity index (χ0n) is 6.39. The molecule has 0 rings (SSSR count). The van der Waals surface area contributed by atoms with E-state index in [0.29, 0.717) is 13.2 Å². The highest BCUT2D eigenvalue weighted by Gasteiger charge is 1.65. The first kappa shape index (κ1) is 11.6. The van der Waals surface area contributed by atoms with Gasteiger partial charge in [0.15, 0.2) is 0 Å². The van der Waals surface area contributed by atoms with Gasteiger partial charge in [-0.1, -0.05) is 6.92 Å². The lowest BCUT2D eigenvalue weighted by Crippen LogP contribution is -2.05. The van der Waals surface area contributed by atoms with Crippen molar-refractivity contribution < 1.29 is 4.74 Å². The maximum atomic E-state index is 5.03. The number of nitrogens with two attached hydrogens (primary N) is 2. The minimum atomic E-state index is 0.622. The van der Waals surface area contributed by atoms with Crippen molar-refractivity contribution in [2.45, 2.75) is 13.3 Å². The van der Waals surface area contributed by atoms with E-state index in [1.54, 1.807) is 7.11 Å². The Kier molecular flexibility index (Phi) is 20.3. The molecule has 0 aliphatic heterocycles. The molecule has 0 aromatic carbocycles. The molecule has 0 saturated carbocycles. The third-order valence-electron chi connectivity index (χ3n) is 0.611. The van der Waals surface area contributed by atoms with Gasteiger partial charge in [0.05, 0.1) is 6.61 Å². The van der Waals surface area contributed by atoms with Gasteiger partial charge >= 0.3 is 0 Å². The number of methoxy groups -OCH3 is 1. The molecule has 0 radical (unpaired) electrons. The van der Waals surface area contributed by atoms with E-state index < -0.39 is 0 Å². The van der Waals surface area contributed by atoms with Crippen molar-refractivity contribution in [1.82, 2.24) is 0 Å². The van der Waals surface area contributed by atoms with Crippen molar-refractivity contribution >= 4 is 0 Å². The number of rotatable bonds is 3. The smallest absolute Gasteiger partial charge is 0.0584 e. The molecule has 0 amide bonds. The zero-order chi connectivity index (χ0) is 7.54. The summed E-state index contributed by atoms with van der Waals surface area (Å²) in [5.41, 5.74) is 10.0. The summed E-state index contributed by atoms with van der Waals surface area (Å²) in [5.74, 6) is 0. The van der Waals surface area contributed by atoms with E-state index in [-0.39, 0.29) is 0 Å². The molecule has 9 heavy (non-hydrogen) atoms. The summed E-state index contributed by atoms with van der Waals surface area (Å²) < 4.78 is 4.57. The van der Waals surface area contributed by atoms with Gasteiger partial charge in [-0.2, -0.15) is 0 Å². The van der Waals surface area contributed by atoms with Crippen LogP contribution in [0.4, 0.5) is 0 Å². The first-order valence-electron chi connectivity index (χ1n) is 3.22. The molecule has 3 nitrogen and oxygen atoms in total.